The van der Waals surface area contributed by atoms with E-state index in [0.717, 1.165) is 6.07 Å². The lowest BCUT2D eigenvalue weighted by Crippen LogP contribution is -2.26. The first-order chi connectivity index (χ1) is 14.1. The Bertz CT molecular complexity index is 1330. The third kappa shape index (κ3) is 3.53. The minimum Gasteiger partial charge on any atom is -0.377 e. The fraction of sp³-hybridized carbons (Fsp3) is 0.0476. The molecule has 0 spiro atoms. The summed E-state index contributed by atoms with van der Waals surface area (Å²) >= 11 is 6.21. The zero-order valence-electron chi connectivity index (χ0n) is 14.9. The molecule has 0 radical (unpaired) electrons. The van der Waals surface area contributed by atoms with Gasteiger partial charge in [0.2, 0.25) is 0 Å². The average Bonchev–Trinajstić information content (AvgIpc) is 2.74. The Labute approximate surface area is 169 Å². The Morgan fingerprint density at radius 2 is 2.00 bits per heavy atom. The van der Waals surface area contributed by atoms with Gasteiger partial charge < -0.3 is 5.32 Å². The van der Waals surface area contributed by atoms with Gasteiger partial charge in [-0.15, -0.1) is 0 Å². The molecule has 4 rings (SSSR count). The molecule has 4 aromatic rings. The van der Waals surface area contributed by atoms with Gasteiger partial charge in [-0.05, 0) is 42.5 Å². The van der Waals surface area contributed by atoms with Crippen molar-refractivity contribution in [2.24, 2.45) is 0 Å². The van der Waals surface area contributed by atoms with Crippen LogP contribution in [0.4, 0.5) is 10.1 Å². The molecule has 2 aromatic heterocycles. The van der Waals surface area contributed by atoms with Crippen LogP contribution in [0.15, 0.2) is 65.6 Å². The first-order valence-electron chi connectivity index (χ1n) is 8.63. The lowest BCUT2D eigenvalue weighted by atomic mass is 10.2. The molecule has 0 fully saturated rings. The van der Waals surface area contributed by atoms with Crippen LogP contribution >= 0.6 is 11.6 Å². The highest BCUT2D eigenvalue weighted by Gasteiger charge is 2.16. The van der Waals surface area contributed by atoms with Crippen molar-refractivity contribution >= 4 is 28.2 Å². The number of anilines is 1. The third-order valence-corrected chi connectivity index (χ3v) is 4.66. The molecule has 2 heterocycles. The predicted octanol–water partition coefficient (Wildman–Crippen LogP) is 4.06. The van der Waals surface area contributed by atoms with Crippen molar-refractivity contribution < 1.29 is 4.39 Å². The summed E-state index contributed by atoms with van der Waals surface area (Å²) in [5.41, 5.74) is 1.30. The number of para-hydroxylation sites is 1. The number of halogens is 2. The first-order valence-corrected chi connectivity index (χ1v) is 9.01. The van der Waals surface area contributed by atoms with Gasteiger partial charge >= 0.3 is 0 Å². The predicted molar refractivity (Wildman–Crippen MR) is 109 cm³/mol. The molecule has 6 nitrogen and oxygen atoms in total. The van der Waals surface area contributed by atoms with Crippen LogP contribution in [0.2, 0.25) is 5.15 Å². The number of aromatic nitrogens is 3. The Kier molecular flexibility index (Phi) is 4.94. The maximum Gasteiger partial charge on any atom is 0.266 e. The molecule has 8 heteroatoms. The Morgan fingerprint density at radius 3 is 2.79 bits per heavy atom. The molecule has 2 aromatic carbocycles. The number of benzene rings is 2. The number of nitrogens with zero attached hydrogens (tertiary/aromatic N) is 4. The summed E-state index contributed by atoms with van der Waals surface area (Å²) in [6.07, 6.45) is 1.51. The van der Waals surface area contributed by atoms with E-state index in [2.05, 4.69) is 21.4 Å². The van der Waals surface area contributed by atoms with Crippen molar-refractivity contribution in [3.05, 3.63) is 93.5 Å². The molecule has 0 saturated heterocycles. The Balaban J connectivity index is 1.89. The van der Waals surface area contributed by atoms with E-state index in [-0.39, 0.29) is 17.1 Å². The van der Waals surface area contributed by atoms with Crippen molar-refractivity contribution in [2.75, 3.05) is 5.32 Å². The van der Waals surface area contributed by atoms with Gasteiger partial charge in [-0.3, -0.25) is 9.36 Å². The van der Waals surface area contributed by atoms with Gasteiger partial charge in [0.25, 0.3) is 5.56 Å². The standard InChI is InChI=1S/C21H13ClFN5O/c22-20-18(6-3-9-25-20)28-19(12-26-16-5-2-1-4-13(16)11-24)27-17-8-7-14(23)10-15(17)21(28)29/h1-10,26H,12H2. The van der Waals surface area contributed by atoms with Crippen molar-refractivity contribution in [1.82, 2.24) is 14.5 Å². The van der Waals surface area contributed by atoms with Crippen molar-refractivity contribution in [2.45, 2.75) is 6.54 Å². The zero-order chi connectivity index (χ0) is 20.4. The van der Waals surface area contributed by atoms with Crippen LogP contribution in [0.5, 0.6) is 0 Å². The summed E-state index contributed by atoms with van der Waals surface area (Å²) in [7, 11) is 0. The smallest absolute Gasteiger partial charge is 0.266 e. The van der Waals surface area contributed by atoms with Crippen LogP contribution in [0.3, 0.4) is 0 Å². The maximum atomic E-state index is 13.7. The molecule has 142 valence electrons. The molecular formula is C21H13ClFN5O. The molecule has 0 saturated carbocycles. The number of hydrogen-bond acceptors (Lipinski definition) is 5. The molecule has 0 unspecified atom stereocenters. The lowest BCUT2D eigenvalue weighted by Gasteiger charge is -2.15. The van der Waals surface area contributed by atoms with Crippen LogP contribution in [0.25, 0.3) is 16.6 Å². The highest BCUT2D eigenvalue weighted by molar-refractivity contribution is 6.31. The van der Waals surface area contributed by atoms with Gasteiger partial charge in [0.05, 0.1) is 34.4 Å². The van der Waals surface area contributed by atoms with Crippen molar-refractivity contribution in [1.29, 1.82) is 5.26 Å². The van der Waals surface area contributed by atoms with E-state index in [1.165, 1.54) is 22.9 Å². The van der Waals surface area contributed by atoms with Gasteiger partial charge in [-0.2, -0.15) is 5.26 Å². The molecule has 0 aliphatic rings. The summed E-state index contributed by atoms with van der Waals surface area (Å²) in [6, 6.07) is 16.2. The van der Waals surface area contributed by atoms with E-state index in [9.17, 15) is 14.4 Å². The van der Waals surface area contributed by atoms with E-state index in [1.54, 1.807) is 36.4 Å². The van der Waals surface area contributed by atoms with E-state index in [0.29, 0.717) is 28.3 Å². The second kappa shape index (κ2) is 7.70. The summed E-state index contributed by atoms with van der Waals surface area (Å²) in [5, 5.41) is 12.7. The zero-order valence-corrected chi connectivity index (χ0v) is 15.7. The first kappa shape index (κ1) is 18.6. The van der Waals surface area contributed by atoms with Crippen LogP contribution in [0, 0.1) is 17.1 Å². The van der Waals surface area contributed by atoms with E-state index in [4.69, 9.17) is 11.6 Å². The fourth-order valence-corrected chi connectivity index (χ4v) is 3.23. The number of hydrogen-bond donors (Lipinski definition) is 1. The normalized spacial score (nSPS) is 10.7. The van der Waals surface area contributed by atoms with Gasteiger partial charge in [-0.1, -0.05) is 23.7 Å². The number of nitrogens with one attached hydrogen (secondary N) is 1. The number of rotatable bonds is 4. The minimum absolute atomic E-state index is 0.117. The van der Waals surface area contributed by atoms with E-state index < -0.39 is 11.4 Å². The lowest BCUT2D eigenvalue weighted by molar-refractivity contribution is 0.629. The van der Waals surface area contributed by atoms with Gasteiger partial charge in [-0.25, -0.2) is 14.4 Å². The summed E-state index contributed by atoms with van der Waals surface area (Å²) in [6.45, 7) is 0.131. The van der Waals surface area contributed by atoms with Crippen LogP contribution in [-0.2, 0) is 6.54 Å². The molecule has 0 aliphatic heterocycles. The molecule has 0 bridgehead atoms. The van der Waals surface area contributed by atoms with Crippen LogP contribution in [0.1, 0.15) is 11.4 Å². The molecule has 0 aliphatic carbocycles. The summed E-state index contributed by atoms with van der Waals surface area (Å²) in [4.78, 5) is 21.7. The SMILES string of the molecule is N#Cc1ccccc1NCc1nc2ccc(F)cc2c(=O)n1-c1cccnc1Cl. The fourth-order valence-electron chi connectivity index (χ4n) is 3.02. The topological polar surface area (TPSA) is 83.6 Å². The van der Waals surface area contributed by atoms with Gasteiger partial charge in [0.1, 0.15) is 17.7 Å². The molecular weight excluding hydrogens is 393 g/mol. The quantitative estimate of drug-likeness (QED) is 0.518. The summed E-state index contributed by atoms with van der Waals surface area (Å²) < 4.78 is 15.0. The molecule has 0 atom stereocenters. The second-order valence-electron chi connectivity index (χ2n) is 6.15. The van der Waals surface area contributed by atoms with E-state index in [1.807, 2.05) is 0 Å². The second-order valence-corrected chi connectivity index (χ2v) is 6.51. The third-order valence-electron chi connectivity index (χ3n) is 4.36. The van der Waals surface area contributed by atoms with Crippen molar-refractivity contribution in [3.8, 4) is 11.8 Å². The largest absolute Gasteiger partial charge is 0.377 e. The number of fused-ring (bicyclic) bond motifs is 1. The molecule has 29 heavy (non-hydrogen) atoms. The van der Waals surface area contributed by atoms with Crippen molar-refractivity contribution in [3.63, 3.8) is 0 Å². The monoisotopic (exact) mass is 405 g/mol. The number of nitriles is 1. The van der Waals surface area contributed by atoms with Gasteiger partial charge in [0, 0.05) is 6.20 Å². The summed E-state index contributed by atoms with van der Waals surface area (Å²) in [5.74, 6) is -0.189. The molecule has 1 N–H and O–H groups in total. The highest BCUT2D eigenvalue weighted by atomic mass is 35.5. The van der Waals surface area contributed by atoms with Crippen LogP contribution in [-0.4, -0.2) is 14.5 Å². The Morgan fingerprint density at radius 1 is 1.17 bits per heavy atom. The van der Waals surface area contributed by atoms with Gasteiger partial charge in [0.15, 0.2) is 5.15 Å². The number of pyridine rings is 1. The Hall–Kier alpha value is -3.76. The van der Waals surface area contributed by atoms with E-state index >= 15 is 0 Å². The minimum atomic E-state index is -0.533. The average molecular weight is 406 g/mol. The maximum absolute atomic E-state index is 13.7. The molecule has 0 amide bonds. The van der Waals surface area contributed by atoms with Crippen LogP contribution < -0.4 is 10.9 Å². The highest BCUT2D eigenvalue weighted by Crippen LogP contribution is 2.21.